The van der Waals surface area contributed by atoms with Crippen LogP contribution in [0.1, 0.15) is 18.4 Å². The molecule has 0 bridgehead atoms. The third-order valence-corrected chi connectivity index (χ3v) is 3.16. The number of anilines is 1. The molecule has 0 saturated carbocycles. The Morgan fingerprint density at radius 3 is 3.06 bits per heavy atom. The maximum atomic E-state index is 11.9. The van der Waals surface area contributed by atoms with E-state index in [4.69, 9.17) is 4.74 Å². The van der Waals surface area contributed by atoms with E-state index in [1.165, 1.54) is 5.56 Å². The van der Waals surface area contributed by atoms with Crippen LogP contribution in [0.2, 0.25) is 0 Å². The Morgan fingerprint density at radius 2 is 2.28 bits per heavy atom. The van der Waals surface area contributed by atoms with Crippen LogP contribution in [0.25, 0.3) is 0 Å². The SMILES string of the molecule is COCCCCNC(=O)C1Cc2ccccc2N1. The maximum Gasteiger partial charge on any atom is 0.242 e. The smallest absolute Gasteiger partial charge is 0.242 e. The second kappa shape index (κ2) is 6.40. The number of hydrogen-bond donors (Lipinski definition) is 2. The first-order chi connectivity index (χ1) is 8.81. The molecule has 1 aliphatic heterocycles. The Balaban J connectivity index is 1.72. The molecule has 0 saturated heterocycles. The minimum absolute atomic E-state index is 0.0867. The number of fused-ring (bicyclic) bond motifs is 1. The number of carbonyl (C=O) groups excluding carboxylic acids is 1. The van der Waals surface area contributed by atoms with E-state index >= 15 is 0 Å². The summed E-state index contributed by atoms with van der Waals surface area (Å²) in [6.07, 6.45) is 2.72. The summed E-state index contributed by atoms with van der Waals surface area (Å²) in [7, 11) is 1.69. The van der Waals surface area contributed by atoms with E-state index in [-0.39, 0.29) is 11.9 Å². The first-order valence-electron chi connectivity index (χ1n) is 6.42. The maximum absolute atomic E-state index is 11.9. The Kier molecular flexibility index (Phi) is 4.59. The van der Waals surface area contributed by atoms with Gasteiger partial charge in [-0.3, -0.25) is 4.79 Å². The average Bonchev–Trinajstić information content (AvgIpc) is 2.82. The molecule has 0 aromatic heterocycles. The van der Waals surface area contributed by atoms with Crippen LogP contribution < -0.4 is 10.6 Å². The number of carbonyl (C=O) groups is 1. The molecular formula is C14H20N2O2. The Hall–Kier alpha value is -1.55. The van der Waals surface area contributed by atoms with Crippen LogP contribution in [-0.2, 0) is 16.0 Å². The van der Waals surface area contributed by atoms with Gasteiger partial charge in [-0.25, -0.2) is 0 Å². The summed E-state index contributed by atoms with van der Waals surface area (Å²) >= 11 is 0. The van der Waals surface area contributed by atoms with E-state index in [0.717, 1.165) is 38.1 Å². The van der Waals surface area contributed by atoms with E-state index in [9.17, 15) is 4.79 Å². The van der Waals surface area contributed by atoms with Crippen LogP contribution in [0.3, 0.4) is 0 Å². The van der Waals surface area contributed by atoms with Crippen molar-refractivity contribution in [2.24, 2.45) is 0 Å². The van der Waals surface area contributed by atoms with Crippen molar-refractivity contribution in [2.75, 3.05) is 25.6 Å². The summed E-state index contributed by atoms with van der Waals surface area (Å²) < 4.78 is 4.97. The van der Waals surface area contributed by atoms with Crippen LogP contribution in [0.5, 0.6) is 0 Å². The molecule has 1 unspecified atom stereocenters. The van der Waals surface area contributed by atoms with Crippen molar-refractivity contribution in [1.29, 1.82) is 0 Å². The van der Waals surface area contributed by atoms with Gasteiger partial charge < -0.3 is 15.4 Å². The van der Waals surface area contributed by atoms with Crippen molar-refractivity contribution >= 4 is 11.6 Å². The first-order valence-corrected chi connectivity index (χ1v) is 6.42. The monoisotopic (exact) mass is 248 g/mol. The summed E-state index contributed by atoms with van der Waals surface area (Å²) in [4.78, 5) is 11.9. The highest BCUT2D eigenvalue weighted by Gasteiger charge is 2.25. The third kappa shape index (κ3) is 3.23. The van der Waals surface area contributed by atoms with Crippen molar-refractivity contribution in [1.82, 2.24) is 5.32 Å². The second-order valence-electron chi connectivity index (χ2n) is 4.55. The average molecular weight is 248 g/mol. The zero-order valence-electron chi connectivity index (χ0n) is 10.7. The predicted octanol–water partition coefficient (Wildman–Crippen LogP) is 1.57. The molecule has 1 atom stereocenters. The number of para-hydroxylation sites is 1. The molecule has 1 heterocycles. The lowest BCUT2D eigenvalue weighted by Crippen LogP contribution is -2.38. The van der Waals surface area contributed by atoms with Crippen molar-refractivity contribution in [3.8, 4) is 0 Å². The lowest BCUT2D eigenvalue weighted by atomic mass is 10.1. The van der Waals surface area contributed by atoms with E-state index in [1.807, 2.05) is 18.2 Å². The number of hydrogen-bond acceptors (Lipinski definition) is 3. The van der Waals surface area contributed by atoms with Gasteiger partial charge in [-0.2, -0.15) is 0 Å². The summed E-state index contributed by atoms with van der Waals surface area (Å²) in [5.41, 5.74) is 2.30. The van der Waals surface area contributed by atoms with Crippen molar-refractivity contribution < 1.29 is 9.53 Å². The molecule has 4 heteroatoms. The van der Waals surface area contributed by atoms with Crippen LogP contribution in [0.15, 0.2) is 24.3 Å². The standard InChI is InChI=1S/C14H20N2O2/c1-18-9-5-4-8-15-14(17)13-10-11-6-2-3-7-12(11)16-13/h2-3,6-7,13,16H,4-5,8-10H2,1H3,(H,15,17). The Labute approximate surface area is 108 Å². The highest BCUT2D eigenvalue weighted by atomic mass is 16.5. The van der Waals surface area contributed by atoms with Gasteiger partial charge in [0.1, 0.15) is 6.04 Å². The summed E-state index contributed by atoms with van der Waals surface area (Å²) in [6, 6.07) is 7.95. The first kappa shape index (κ1) is 12.9. The largest absolute Gasteiger partial charge is 0.385 e. The summed E-state index contributed by atoms with van der Waals surface area (Å²) in [5.74, 6) is 0.0867. The number of methoxy groups -OCH3 is 1. The van der Waals surface area contributed by atoms with E-state index in [1.54, 1.807) is 7.11 Å². The molecule has 98 valence electrons. The summed E-state index contributed by atoms with van der Waals surface area (Å²) in [5, 5.41) is 6.21. The molecule has 1 aliphatic rings. The van der Waals surface area contributed by atoms with Gasteiger partial charge >= 0.3 is 0 Å². The predicted molar refractivity (Wildman–Crippen MR) is 71.7 cm³/mol. The zero-order valence-corrected chi connectivity index (χ0v) is 10.7. The second-order valence-corrected chi connectivity index (χ2v) is 4.55. The van der Waals surface area contributed by atoms with Crippen LogP contribution in [-0.4, -0.2) is 32.2 Å². The van der Waals surface area contributed by atoms with Crippen LogP contribution >= 0.6 is 0 Å². The van der Waals surface area contributed by atoms with Gasteiger partial charge in [0.2, 0.25) is 5.91 Å². The molecule has 4 nitrogen and oxygen atoms in total. The molecule has 2 rings (SSSR count). The van der Waals surface area contributed by atoms with Gasteiger partial charge in [0.05, 0.1) is 0 Å². The third-order valence-electron chi connectivity index (χ3n) is 3.16. The van der Waals surface area contributed by atoms with E-state index < -0.39 is 0 Å². The van der Waals surface area contributed by atoms with Crippen LogP contribution in [0, 0.1) is 0 Å². The van der Waals surface area contributed by atoms with Gasteiger partial charge in [0, 0.05) is 32.4 Å². The molecule has 1 aromatic rings. The van der Waals surface area contributed by atoms with Crippen LogP contribution in [0.4, 0.5) is 5.69 Å². The number of rotatable bonds is 6. The lowest BCUT2D eigenvalue weighted by Gasteiger charge is -2.11. The molecular weight excluding hydrogens is 228 g/mol. The Bertz CT molecular complexity index is 382. The fraction of sp³-hybridized carbons (Fsp3) is 0.500. The highest BCUT2D eigenvalue weighted by Crippen LogP contribution is 2.24. The van der Waals surface area contributed by atoms with Gasteiger partial charge in [-0.05, 0) is 24.5 Å². The van der Waals surface area contributed by atoms with E-state index in [2.05, 4.69) is 16.7 Å². The molecule has 1 amide bonds. The molecule has 0 aliphatic carbocycles. The van der Waals surface area contributed by atoms with Crippen molar-refractivity contribution in [3.05, 3.63) is 29.8 Å². The molecule has 1 aromatic carbocycles. The lowest BCUT2D eigenvalue weighted by molar-refractivity contribution is -0.121. The topological polar surface area (TPSA) is 50.4 Å². The van der Waals surface area contributed by atoms with E-state index in [0.29, 0.717) is 0 Å². The van der Waals surface area contributed by atoms with Gasteiger partial charge in [0.15, 0.2) is 0 Å². The normalized spacial score (nSPS) is 17.1. The quantitative estimate of drug-likeness (QED) is 0.751. The highest BCUT2D eigenvalue weighted by molar-refractivity contribution is 5.87. The van der Waals surface area contributed by atoms with Crippen molar-refractivity contribution in [2.45, 2.75) is 25.3 Å². The van der Waals surface area contributed by atoms with Crippen molar-refractivity contribution in [3.63, 3.8) is 0 Å². The minimum Gasteiger partial charge on any atom is -0.385 e. The minimum atomic E-state index is -0.121. The molecule has 0 radical (unpaired) electrons. The Morgan fingerprint density at radius 1 is 1.44 bits per heavy atom. The zero-order chi connectivity index (χ0) is 12.8. The van der Waals surface area contributed by atoms with Gasteiger partial charge in [-0.1, -0.05) is 18.2 Å². The molecule has 18 heavy (non-hydrogen) atoms. The van der Waals surface area contributed by atoms with Gasteiger partial charge in [-0.15, -0.1) is 0 Å². The number of benzene rings is 1. The molecule has 0 fully saturated rings. The fourth-order valence-corrected chi connectivity index (χ4v) is 2.16. The number of amides is 1. The summed E-state index contributed by atoms with van der Waals surface area (Å²) in [6.45, 7) is 1.47. The number of unbranched alkanes of at least 4 members (excludes halogenated alkanes) is 1. The fourth-order valence-electron chi connectivity index (χ4n) is 2.16. The molecule has 2 N–H and O–H groups in total. The number of ether oxygens (including phenoxy) is 1. The van der Waals surface area contributed by atoms with Gasteiger partial charge in [0.25, 0.3) is 0 Å². The molecule has 0 spiro atoms. The number of nitrogens with one attached hydrogen (secondary N) is 2.